The molecule has 0 fully saturated rings. The van der Waals surface area contributed by atoms with Gasteiger partial charge in [0, 0.05) is 22.0 Å². The minimum atomic E-state index is -2.64. The Balaban J connectivity index is 2.02. The van der Waals surface area contributed by atoms with Gasteiger partial charge in [-0.15, -0.1) is 0 Å². The first-order chi connectivity index (χ1) is 14.2. The van der Waals surface area contributed by atoms with E-state index >= 15 is 0 Å². The summed E-state index contributed by atoms with van der Waals surface area (Å²) in [5.74, 6) is 1.90. The molecule has 3 rings (SSSR count). The first-order valence-corrected chi connectivity index (χ1v) is 10.7. The first-order valence-electron chi connectivity index (χ1n) is 8.59. The second kappa shape index (κ2) is 8.74. The number of anilines is 3. The van der Waals surface area contributed by atoms with Crippen LogP contribution >= 0.6 is 0 Å². The van der Waals surface area contributed by atoms with Gasteiger partial charge in [0.05, 0.1) is 22.3 Å². The Morgan fingerprint density at radius 2 is 1.90 bits per heavy atom. The van der Waals surface area contributed by atoms with Crippen molar-refractivity contribution in [3.8, 4) is 5.75 Å². The van der Waals surface area contributed by atoms with Gasteiger partial charge in [0.2, 0.25) is 0 Å². The third-order valence-electron chi connectivity index (χ3n) is 3.86. The van der Waals surface area contributed by atoms with E-state index in [9.17, 15) is 21.8 Å². The Morgan fingerprint density at radius 3 is 2.57 bits per heavy atom. The Hall–Kier alpha value is -3.08. The molecule has 0 saturated heterocycles. The number of benzene rings is 2. The highest BCUT2D eigenvalue weighted by molar-refractivity contribution is 8.00. The molecule has 1 aromatic heterocycles. The third kappa shape index (κ3) is 5.09. The van der Waals surface area contributed by atoms with Crippen LogP contribution in [-0.2, 0) is 9.71 Å². The molecule has 6 nitrogen and oxygen atoms in total. The molecule has 2 aromatic carbocycles. The van der Waals surface area contributed by atoms with Gasteiger partial charge in [-0.1, -0.05) is 0 Å². The van der Waals surface area contributed by atoms with E-state index < -0.39 is 40.8 Å². The maximum absolute atomic E-state index is 14.8. The number of nitrogens with zero attached hydrogens (tertiary/aromatic N) is 2. The van der Waals surface area contributed by atoms with Crippen LogP contribution in [0.2, 0.25) is 0 Å². The smallest absolute Gasteiger partial charge is 0.155 e. The van der Waals surface area contributed by atoms with Crippen LogP contribution in [0.25, 0.3) is 10.9 Å². The Kier molecular flexibility index (Phi) is 6.30. The number of ether oxygens (including phenoxy) is 1. The number of nitrogens with one attached hydrogen (secondary N) is 2. The predicted molar refractivity (Wildman–Crippen MR) is 110 cm³/mol. The van der Waals surface area contributed by atoms with E-state index in [1.54, 1.807) is 0 Å². The molecule has 0 spiro atoms. The van der Waals surface area contributed by atoms with Crippen molar-refractivity contribution >= 4 is 43.7 Å². The highest BCUT2D eigenvalue weighted by Gasteiger charge is 2.17. The van der Waals surface area contributed by atoms with E-state index in [4.69, 9.17) is 4.74 Å². The summed E-state index contributed by atoms with van der Waals surface area (Å²) in [6, 6.07) is 5.89. The van der Waals surface area contributed by atoms with E-state index in [1.807, 2.05) is 0 Å². The van der Waals surface area contributed by atoms with Crippen LogP contribution < -0.4 is 14.8 Å². The second-order valence-corrected chi connectivity index (χ2v) is 8.71. The van der Waals surface area contributed by atoms with Crippen LogP contribution in [0.4, 0.5) is 34.8 Å². The number of hydrogen-bond acceptors (Lipinski definition) is 5. The Labute approximate surface area is 170 Å². The van der Waals surface area contributed by atoms with Crippen molar-refractivity contribution in [3.05, 3.63) is 48.3 Å². The standard InChI is InChI=1S/C19H18F4N4O2S/c1-30(2,28)27-12-6-14(23)18-16(7-12)24-10-25-19(18)26-15-4-3-11(22)5-17(15)29-13(8-20)9-21/h3-7,10,13H,1,8-9H2,2H3,(H,27,28)(H,24,25,26). The maximum Gasteiger partial charge on any atom is 0.155 e. The molecule has 0 radical (unpaired) electrons. The number of aromatic nitrogens is 2. The molecule has 0 amide bonds. The topological polar surface area (TPSA) is 76.1 Å². The van der Waals surface area contributed by atoms with Gasteiger partial charge < -0.3 is 14.8 Å². The van der Waals surface area contributed by atoms with Crippen molar-refractivity contribution in [2.24, 2.45) is 0 Å². The average molecular weight is 442 g/mol. The number of alkyl halides is 2. The Bertz CT molecular complexity index is 1170. The molecule has 2 N–H and O–H groups in total. The quantitative estimate of drug-likeness (QED) is 0.407. The number of halogens is 4. The molecular formula is C19H18F4N4O2S. The van der Waals surface area contributed by atoms with Crippen molar-refractivity contribution in [3.63, 3.8) is 0 Å². The molecule has 1 unspecified atom stereocenters. The molecular weight excluding hydrogens is 424 g/mol. The molecule has 3 aromatic rings. The minimum Gasteiger partial charge on any atom is -0.483 e. The monoisotopic (exact) mass is 442 g/mol. The van der Waals surface area contributed by atoms with E-state index in [0.717, 1.165) is 24.5 Å². The van der Waals surface area contributed by atoms with Crippen molar-refractivity contribution in [1.82, 2.24) is 9.97 Å². The summed E-state index contributed by atoms with van der Waals surface area (Å²) in [7, 11) is -2.64. The van der Waals surface area contributed by atoms with Gasteiger partial charge in [-0.25, -0.2) is 31.7 Å². The normalized spacial score (nSPS) is 13.3. The fourth-order valence-electron chi connectivity index (χ4n) is 2.65. The molecule has 0 aliphatic carbocycles. The zero-order chi connectivity index (χ0) is 21.9. The van der Waals surface area contributed by atoms with Gasteiger partial charge in [0.15, 0.2) is 6.10 Å². The third-order valence-corrected chi connectivity index (χ3v) is 4.53. The molecule has 0 aliphatic heterocycles. The van der Waals surface area contributed by atoms with Gasteiger partial charge in [0.25, 0.3) is 0 Å². The molecule has 1 atom stereocenters. The fourth-order valence-corrected chi connectivity index (χ4v) is 3.27. The van der Waals surface area contributed by atoms with E-state index in [2.05, 4.69) is 25.9 Å². The van der Waals surface area contributed by atoms with E-state index in [0.29, 0.717) is 0 Å². The van der Waals surface area contributed by atoms with Gasteiger partial charge in [-0.3, -0.25) is 0 Å². The number of fused-ring (bicyclic) bond motifs is 1. The summed E-state index contributed by atoms with van der Waals surface area (Å²) >= 11 is 0. The zero-order valence-corrected chi connectivity index (χ0v) is 16.6. The maximum atomic E-state index is 14.8. The number of hydrogen-bond donors (Lipinski definition) is 2. The lowest BCUT2D eigenvalue weighted by Gasteiger charge is -2.17. The van der Waals surface area contributed by atoms with Crippen LogP contribution in [0, 0.1) is 11.6 Å². The lowest BCUT2D eigenvalue weighted by molar-refractivity contribution is 0.134. The zero-order valence-electron chi connectivity index (χ0n) is 15.8. The van der Waals surface area contributed by atoms with Crippen molar-refractivity contribution in [1.29, 1.82) is 0 Å². The molecule has 30 heavy (non-hydrogen) atoms. The number of rotatable bonds is 8. The molecule has 0 bridgehead atoms. The van der Waals surface area contributed by atoms with E-state index in [-0.39, 0.29) is 33.8 Å². The highest BCUT2D eigenvalue weighted by atomic mass is 32.2. The molecule has 0 saturated carbocycles. The SMILES string of the molecule is C=S(C)(=O)Nc1cc(F)c2c(Nc3ccc(F)cc3OC(CF)CF)ncnc2c1. The highest BCUT2D eigenvalue weighted by Crippen LogP contribution is 2.33. The van der Waals surface area contributed by atoms with Crippen molar-refractivity contribution < 1.29 is 26.5 Å². The molecule has 160 valence electrons. The fraction of sp³-hybridized carbons (Fsp3) is 0.211. The summed E-state index contributed by atoms with van der Waals surface area (Å²) < 4.78 is 73.7. The van der Waals surface area contributed by atoms with Crippen molar-refractivity contribution in [2.45, 2.75) is 6.10 Å². The molecule has 0 aliphatic rings. The average Bonchev–Trinajstić information content (AvgIpc) is 2.66. The van der Waals surface area contributed by atoms with Crippen LogP contribution in [0.15, 0.2) is 36.7 Å². The summed E-state index contributed by atoms with van der Waals surface area (Å²) in [6.07, 6.45) is 1.11. The minimum absolute atomic E-state index is 0.00229. The largest absolute Gasteiger partial charge is 0.483 e. The first kappa shape index (κ1) is 21.6. The van der Waals surface area contributed by atoms with Crippen LogP contribution in [0.3, 0.4) is 0 Å². The summed E-state index contributed by atoms with van der Waals surface area (Å²) in [5.41, 5.74) is 0.527. The molecule has 1 heterocycles. The summed E-state index contributed by atoms with van der Waals surface area (Å²) in [6.45, 7) is -2.22. The van der Waals surface area contributed by atoms with Crippen LogP contribution in [0.5, 0.6) is 5.75 Å². The van der Waals surface area contributed by atoms with Gasteiger partial charge in [-0.2, -0.15) is 0 Å². The lowest BCUT2D eigenvalue weighted by atomic mass is 10.2. The summed E-state index contributed by atoms with van der Waals surface area (Å²) in [5, 5.41) is 2.79. The van der Waals surface area contributed by atoms with Gasteiger partial charge in [-0.05, 0) is 30.1 Å². The molecule has 11 heteroatoms. The second-order valence-electron chi connectivity index (χ2n) is 6.50. The Morgan fingerprint density at radius 1 is 1.17 bits per heavy atom. The van der Waals surface area contributed by atoms with Crippen molar-refractivity contribution in [2.75, 3.05) is 29.6 Å². The van der Waals surface area contributed by atoms with E-state index in [1.165, 1.54) is 18.4 Å². The van der Waals surface area contributed by atoms with Gasteiger partial charge >= 0.3 is 0 Å². The van der Waals surface area contributed by atoms with Crippen LogP contribution in [0.1, 0.15) is 0 Å². The summed E-state index contributed by atoms with van der Waals surface area (Å²) in [4.78, 5) is 8.01. The lowest BCUT2D eigenvalue weighted by Crippen LogP contribution is -2.21. The van der Waals surface area contributed by atoms with Gasteiger partial charge in [0.1, 0.15) is 42.9 Å². The van der Waals surface area contributed by atoms with Crippen LogP contribution in [-0.4, -0.2) is 45.8 Å². The predicted octanol–water partition coefficient (Wildman–Crippen LogP) is 4.01.